The largest absolute Gasteiger partial charge is 0.493 e. The highest BCUT2D eigenvalue weighted by Crippen LogP contribution is 2.30. The van der Waals surface area contributed by atoms with Crippen LogP contribution < -0.4 is 14.8 Å². The first-order valence-electron chi connectivity index (χ1n) is 8.54. The first-order valence-corrected chi connectivity index (χ1v) is 9.76. The number of aliphatic imine (C=N–C) groups is 1. The number of rotatable bonds is 8. The van der Waals surface area contributed by atoms with E-state index in [1.807, 2.05) is 23.9 Å². The van der Waals surface area contributed by atoms with Gasteiger partial charge in [-0.05, 0) is 57.2 Å². The van der Waals surface area contributed by atoms with Crippen LogP contribution in [-0.4, -0.2) is 56.2 Å². The predicted molar refractivity (Wildman–Crippen MR) is 125 cm³/mol. The zero-order chi connectivity index (χ0) is 19.0. The van der Waals surface area contributed by atoms with Gasteiger partial charge >= 0.3 is 0 Å². The molecule has 0 fully saturated rings. The van der Waals surface area contributed by atoms with Crippen molar-refractivity contribution in [2.24, 2.45) is 4.99 Å². The van der Waals surface area contributed by atoms with E-state index in [4.69, 9.17) is 14.5 Å². The number of guanidine groups is 1. The van der Waals surface area contributed by atoms with Crippen molar-refractivity contribution in [1.82, 2.24) is 10.2 Å². The van der Waals surface area contributed by atoms with Gasteiger partial charge in [-0.3, -0.25) is 4.99 Å². The second-order valence-corrected chi connectivity index (χ2v) is 8.14. The molecule has 0 spiro atoms. The molecule has 1 aromatic carbocycles. The Labute approximate surface area is 180 Å². The zero-order valence-corrected chi connectivity index (χ0v) is 20.5. The van der Waals surface area contributed by atoms with E-state index in [-0.39, 0.29) is 28.7 Å². The standard InChI is InChI=1S/C19H33N3O2S.HI/c1-9-20-18(21-13-19(3,4)25-8)22(5)12-15-11-17(24-7)16(23-6)10-14(15)2;/h10-11H,9,12-13H2,1-8H3,(H,20,21);1H. The Hall–Kier alpha value is -0.830. The SMILES string of the molecule is CCNC(=NCC(C)(C)SC)N(C)Cc1cc(OC)c(OC)cc1C.I. The molecule has 0 aliphatic carbocycles. The number of aryl methyl sites for hydroxylation is 1. The topological polar surface area (TPSA) is 46.1 Å². The van der Waals surface area contributed by atoms with E-state index in [0.717, 1.165) is 37.1 Å². The quantitative estimate of drug-likeness (QED) is 0.333. The van der Waals surface area contributed by atoms with Crippen molar-refractivity contribution < 1.29 is 9.47 Å². The molecular formula is C19H34IN3O2S. The number of hydrogen-bond donors (Lipinski definition) is 1. The zero-order valence-electron chi connectivity index (χ0n) is 17.3. The monoisotopic (exact) mass is 495 g/mol. The average molecular weight is 495 g/mol. The smallest absolute Gasteiger partial charge is 0.194 e. The summed E-state index contributed by atoms with van der Waals surface area (Å²) in [7, 11) is 5.38. The van der Waals surface area contributed by atoms with E-state index in [1.165, 1.54) is 11.1 Å². The summed E-state index contributed by atoms with van der Waals surface area (Å²) in [4.78, 5) is 6.96. The van der Waals surface area contributed by atoms with Crippen LogP contribution in [-0.2, 0) is 6.54 Å². The molecule has 1 N–H and O–H groups in total. The molecule has 150 valence electrons. The van der Waals surface area contributed by atoms with Gasteiger partial charge in [0.05, 0.1) is 20.8 Å². The van der Waals surface area contributed by atoms with E-state index in [1.54, 1.807) is 14.2 Å². The van der Waals surface area contributed by atoms with Crippen molar-refractivity contribution in [3.63, 3.8) is 0 Å². The molecule has 5 nitrogen and oxygen atoms in total. The van der Waals surface area contributed by atoms with Gasteiger partial charge in [0.2, 0.25) is 0 Å². The Bertz CT molecular complexity index is 594. The summed E-state index contributed by atoms with van der Waals surface area (Å²) in [6.45, 7) is 11.0. The van der Waals surface area contributed by atoms with Crippen LogP contribution >= 0.6 is 35.7 Å². The fourth-order valence-electron chi connectivity index (χ4n) is 2.32. The summed E-state index contributed by atoms with van der Waals surface area (Å²) < 4.78 is 10.9. The number of nitrogens with one attached hydrogen (secondary N) is 1. The number of thioether (sulfide) groups is 1. The molecule has 0 aliphatic heterocycles. The molecule has 0 atom stereocenters. The summed E-state index contributed by atoms with van der Waals surface area (Å²) in [5, 5.41) is 3.38. The van der Waals surface area contributed by atoms with Gasteiger partial charge in [0.15, 0.2) is 17.5 Å². The van der Waals surface area contributed by atoms with Crippen LogP contribution in [0.1, 0.15) is 31.9 Å². The molecular weight excluding hydrogens is 461 g/mol. The maximum absolute atomic E-state index is 5.44. The van der Waals surface area contributed by atoms with Crippen LogP contribution in [0.4, 0.5) is 0 Å². The van der Waals surface area contributed by atoms with Gasteiger partial charge in [0.25, 0.3) is 0 Å². The number of hydrogen-bond acceptors (Lipinski definition) is 4. The number of nitrogens with zero attached hydrogens (tertiary/aromatic N) is 2. The molecule has 0 saturated carbocycles. The molecule has 1 rings (SSSR count). The number of ether oxygens (including phenoxy) is 2. The highest BCUT2D eigenvalue weighted by atomic mass is 127. The predicted octanol–water partition coefficient (Wildman–Crippen LogP) is 4.17. The van der Waals surface area contributed by atoms with Crippen molar-refractivity contribution in [3.05, 3.63) is 23.3 Å². The second kappa shape index (κ2) is 11.8. The van der Waals surface area contributed by atoms with Crippen LogP contribution in [0.15, 0.2) is 17.1 Å². The van der Waals surface area contributed by atoms with Crippen LogP contribution in [0.2, 0.25) is 0 Å². The van der Waals surface area contributed by atoms with Crippen molar-refractivity contribution >= 4 is 41.7 Å². The summed E-state index contributed by atoms with van der Waals surface area (Å²) in [6.07, 6.45) is 2.12. The van der Waals surface area contributed by atoms with Crippen molar-refractivity contribution in [2.45, 2.75) is 39.0 Å². The summed E-state index contributed by atoms with van der Waals surface area (Å²) in [5.74, 6) is 2.43. The summed E-state index contributed by atoms with van der Waals surface area (Å²) in [6, 6.07) is 4.06. The first-order chi connectivity index (χ1) is 11.8. The molecule has 0 heterocycles. The number of methoxy groups -OCH3 is 2. The first kappa shape index (κ1) is 25.2. The lowest BCUT2D eigenvalue weighted by Gasteiger charge is -2.26. The van der Waals surface area contributed by atoms with E-state index in [2.05, 4.69) is 51.2 Å². The molecule has 1 aromatic rings. The lowest BCUT2D eigenvalue weighted by Crippen LogP contribution is -2.39. The maximum Gasteiger partial charge on any atom is 0.194 e. The maximum atomic E-state index is 5.44. The Morgan fingerprint density at radius 2 is 1.81 bits per heavy atom. The van der Waals surface area contributed by atoms with E-state index in [9.17, 15) is 0 Å². The van der Waals surface area contributed by atoms with Gasteiger partial charge in [-0.2, -0.15) is 11.8 Å². The minimum Gasteiger partial charge on any atom is -0.493 e. The molecule has 0 aliphatic rings. The van der Waals surface area contributed by atoms with Crippen LogP contribution in [0, 0.1) is 6.92 Å². The van der Waals surface area contributed by atoms with Gasteiger partial charge in [-0.25, -0.2) is 0 Å². The van der Waals surface area contributed by atoms with Crippen molar-refractivity contribution in [2.75, 3.05) is 40.6 Å². The minimum atomic E-state index is 0. The Morgan fingerprint density at radius 3 is 2.31 bits per heavy atom. The van der Waals surface area contributed by atoms with E-state index >= 15 is 0 Å². The van der Waals surface area contributed by atoms with Crippen molar-refractivity contribution in [3.8, 4) is 11.5 Å². The van der Waals surface area contributed by atoms with Crippen LogP contribution in [0.3, 0.4) is 0 Å². The Balaban J connectivity index is 0.00000625. The molecule has 0 radical (unpaired) electrons. The van der Waals surface area contributed by atoms with Crippen LogP contribution in [0.5, 0.6) is 11.5 Å². The third-order valence-electron chi connectivity index (χ3n) is 4.11. The van der Waals surface area contributed by atoms with Gasteiger partial charge in [0.1, 0.15) is 0 Å². The van der Waals surface area contributed by atoms with Gasteiger partial charge in [0, 0.05) is 24.9 Å². The van der Waals surface area contributed by atoms with E-state index in [0.29, 0.717) is 0 Å². The minimum absolute atomic E-state index is 0. The van der Waals surface area contributed by atoms with Gasteiger partial charge in [-0.1, -0.05) is 0 Å². The third-order valence-corrected chi connectivity index (χ3v) is 5.34. The van der Waals surface area contributed by atoms with Crippen molar-refractivity contribution in [1.29, 1.82) is 0 Å². The summed E-state index contributed by atoms with van der Waals surface area (Å²) >= 11 is 1.83. The van der Waals surface area contributed by atoms with E-state index < -0.39 is 0 Å². The molecule has 0 amide bonds. The molecule has 0 saturated heterocycles. The second-order valence-electron chi connectivity index (χ2n) is 6.62. The highest BCUT2D eigenvalue weighted by molar-refractivity contribution is 14.0. The normalized spacial score (nSPS) is 11.6. The lowest BCUT2D eigenvalue weighted by atomic mass is 10.1. The fourth-order valence-corrected chi connectivity index (χ4v) is 2.52. The molecule has 0 aromatic heterocycles. The third kappa shape index (κ3) is 7.42. The molecule has 0 unspecified atom stereocenters. The molecule has 7 heteroatoms. The van der Waals surface area contributed by atoms with Crippen LogP contribution in [0.25, 0.3) is 0 Å². The fraction of sp³-hybridized carbons (Fsp3) is 0.632. The Kier molecular flexibility index (Phi) is 11.4. The lowest BCUT2D eigenvalue weighted by molar-refractivity contribution is 0.353. The summed E-state index contributed by atoms with van der Waals surface area (Å²) in [5.41, 5.74) is 2.36. The molecule has 26 heavy (non-hydrogen) atoms. The average Bonchev–Trinajstić information content (AvgIpc) is 2.59. The van der Waals surface area contributed by atoms with Gasteiger partial charge in [-0.15, -0.1) is 24.0 Å². The number of benzene rings is 1. The molecule has 0 bridgehead atoms. The van der Waals surface area contributed by atoms with Gasteiger partial charge < -0.3 is 19.7 Å². The number of halogens is 1. The highest BCUT2D eigenvalue weighted by Gasteiger charge is 2.17. The Morgan fingerprint density at radius 1 is 1.23 bits per heavy atom.